The van der Waals surface area contributed by atoms with Gasteiger partial charge >= 0.3 is 10.4 Å². The fourth-order valence-corrected chi connectivity index (χ4v) is 1.06. The van der Waals surface area contributed by atoms with Gasteiger partial charge in [0.2, 0.25) is 0 Å². The minimum Gasteiger partial charge on any atom is -0.264 e. The molecule has 0 heterocycles. The molecule has 1 aliphatic rings. The monoisotopic (exact) mass is 182 g/mol. The Bertz CT molecular complexity index is 150. The summed E-state index contributed by atoms with van der Waals surface area (Å²) in [7, 11) is -4.67. The molecular weight excluding hydrogens is 168 g/mol. The molecule has 0 atom stereocenters. The lowest BCUT2D eigenvalue weighted by Crippen LogP contribution is -1.89. The van der Waals surface area contributed by atoms with Gasteiger partial charge < -0.3 is 0 Å². The Morgan fingerprint density at radius 1 is 0.727 bits per heavy atom. The van der Waals surface area contributed by atoms with Gasteiger partial charge in [0.15, 0.2) is 0 Å². The Kier molecular flexibility index (Phi) is 5.45. The summed E-state index contributed by atoms with van der Waals surface area (Å²) in [6, 6.07) is 0. The van der Waals surface area contributed by atoms with Crippen LogP contribution in [0.3, 0.4) is 0 Å². The van der Waals surface area contributed by atoms with E-state index in [-0.39, 0.29) is 0 Å². The lowest BCUT2D eigenvalue weighted by molar-refractivity contribution is 0.381. The summed E-state index contributed by atoms with van der Waals surface area (Å²) in [5.41, 5.74) is 0. The van der Waals surface area contributed by atoms with E-state index in [1.807, 2.05) is 0 Å². The van der Waals surface area contributed by atoms with Gasteiger partial charge in [-0.1, -0.05) is 38.5 Å². The molecule has 5 heteroatoms. The van der Waals surface area contributed by atoms with Crippen LogP contribution in [0.25, 0.3) is 0 Å². The zero-order chi connectivity index (χ0) is 8.74. The Labute approximate surface area is 67.2 Å². The SMILES string of the molecule is C1CCCCC1.O=S(=O)(O)O. The van der Waals surface area contributed by atoms with Crippen LogP contribution in [0.1, 0.15) is 38.5 Å². The predicted molar refractivity (Wildman–Crippen MR) is 41.9 cm³/mol. The fourth-order valence-electron chi connectivity index (χ4n) is 1.06. The van der Waals surface area contributed by atoms with Crippen molar-refractivity contribution < 1.29 is 17.5 Å². The molecule has 0 aromatic rings. The number of hydrogen-bond acceptors (Lipinski definition) is 2. The third-order valence-corrected chi connectivity index (χ3v) is 1.50. The Morgan fingerprint density at radius 2 is 0.818 bits per heavy atom. The molecule has 0 bridgehead atoms. The molecular formula is C6H14O4S. The van der Waals surface area contributed by atoms with E-state index in [9.17, 15) is 0 Å². The van der Waals surface area contributed by atoms with Gasteiger partial charge in [-0.05, 0) is 0 Å². The summed E-state index contributed by atoms with van der Waals surface area (Å²) in [5, 5.41) is 0. The maximum Gasteiger partial charge on any atom is 0.394 e. The molecule has 0 aromatic heterocycles. The third-order valence-electron chi connectivity index (χ3n) is 1.50. The van der Waals surface area contributed by atoms with Crippen LogP contribution >= 0.6 is 0 Å². The quantitative estimate of drug-likeness (QED) is 0.559. The normalized spacial score (nSPS) is 18.4. The average Bonchev–Trinajstić information content (AvgIpc) is 1.88. The zero-order valence-electron chi connectivity index (χ0n) is 6.36. The first kappa shape index (κ1) is 10.9. The first-order valence-corrected chi connectivity index (χ1v) is 5.10. The minimum atomic E-state index is -4.67. The fraction of sp³-hybridized carbons (Fsp3) is 1.00. The number of hydrogen-bond donors (Lipinski definition) is 2. The Balaban J connectivity index is 0.000000187. The Morgan fingerprint density at radius 3 is 0.909 bits per heavy atom. The van der Waals surface area contributed by atoms with E-state index in [0.29, 0.717) is 0 Å². The van der Waals surface area contributed by atoms with Crippen molar-refractivity contribution >= 4 is 10.4 Å². The van der Waals surface area contributed by atoms with Crippen LogP contribution in [0, 0.1) is 0 Å². The predicted octanol–water partition coefficient (Wildman–Crippen LogP) is 1.69. The highest BCUT2D eigenvalue weighted by Crippen LogP contribution is 2.15. The van der Waals surface area contributed by atoms with E-state index in [0.717, 1.165) is 0 Å². The highest BCUT2D eigenvalue weighted by atomic mass is 32.3. The summed E-state index contributed by atoms with van der Waals surface area (Å²) in [6.45, 7) is 0. The molecule has 68 valence electrons. The molecule has 2 N–H and O–H groups in total. The summed E-state index contributed by atoms with van der Waals surface area (Å²) in [4.78, 5) is 0. The van der Waals surface area contributed by atoms with E-state index < -0.39 is 10.4 Å². The lowest BCUT2D eigenvalue weighted by Gasteiger charge is -2.05. The van der Waals surface area contributed by atoms with Crippen LogP contribution in [0.5, 0.6) is 0 Å². The van der Waals surface area contributed by atoms with Crippen LogP contribution < -0.4 is 0 Å². The topological polar surface area (TPSA) is 74.6 Å². The van der Waals surface area contributed by atoms with Crippen molar-refractivity contribution in [2.24, 2.45) is 0 Å². The zero-order valence-corrected chi connectivity index (χ0v) is 7.18. The van der Waals surface area contributed by atoms with Crippen molar-refractivity contribution in [3.8, 4) is 0 Å². The second kappa shape index (κ2) is 5.51. The molecule has 0 unspecified atom stereocenters. The van der Waals surface area contributed by atoms with Crippen LogP contribution in [-0.4, -0.2) is 17.5 Å². The van der Waals surface area contributed by atoms with E-state index in [2.05, 4.69) is 0 Å². The van der Waals surface area contributed by atoms with Crippen LogP contribution in [0.2, 0.25) is 0 Å². The van der Waals surface area contributed by atoms with Crippen LogP contribution in [0.4, 0.5) is 0 Å². The second-order valence-corrected chi connectivity index (χ2v) is 3.46. The van der Waals surface area contributed by atoms with Gasteiger partial charge in [0.05, 0.1) is 0 Å². The van der Waals surface area contributed by atoms with E-state index in [1.54, 1.807) is 0 Å². The molecule has 4 nitrogen and oxygen atoms in total. The van der Waals surface area contributed by atoms with Crippen LogP contribution in [0.15, 0.2) is 0 Å². The summed E-state index contributed by atoms with van der Waals surface area (Å²) >= 11 is 0. The van der Waals surface area contributed by atoms with Gasteiger partial charge in [0, 0.05) is 0 Å². The van der Waals surface area contributed by atoms with Gasteiger partial charge in [0.1, 0.15) is 0 Å². The average molecular weight is 182 g/mol. The van der Waals surface area contributed by atoms with Crippen molar-refractivity contribution in [2.45, 2.75) is 38.5 Å². The largest absolute Gasteiger partial charge is 0.394 e. The van der Waals surface area contributed by atoms with Gasteiger partial charge in [-0.3, -0.25) is 9.11 Å². The molecule has 11 heavy (non-hydrogen) atoms. The van der Waals surface area contributed by atoms with Gasteiger partial charge in [-0.2, -0.15) is 8.42 Å². The van der Waals surface area contributed by atoms with Crippen molar-refractivity contribution in [1.82, 2.24) is 0 Å². The molecule has 0 aromatic carbocycles. The second-order valence-electron chi connectivity index (χ2n) is 2.57. The first-order valence-electron chi connectivity index (χ1n) is 3.70. The van der Waals surface area contributed by atoms with Gasteiger partial charge in [-0.15, -0.1) is 0 Å². The van der Waals surface area contributed by atoms with E-state index >= 15 is 0 Å². The van der Waals surface area contributed by atoms with Crippen molar-refractivity contribution in [3.05, 3.63) is 0 Å². The van der Waals surface area contributed by atoms with Crippen molar-refractivity contribution in [1.29, 1.82) is 0 Å². The lowest BCUT2D eigenvalue weighted by atomic mass is 10.0. The molecule has 0 amide bonds. The summed E-state index contributed by atoms with van der Waals surface area (Å²) in [6.07, 6.45) is 9.00. The minimum absolute atomic E-state index is 1.50. The molecule has 1 saturated carbocycles. The van der Waals surface area contributed by atoms with Crippen LogP contribution in [-0.2, 0) is 10.4 Å². The maximum atomic E-state index is 8.74. The Hall–Kier alpha value is -0.130. The first-order chi connectivity index (χ1) is 5.00. The summed E-state index contributed by atoms with van der Waals surface area (Å²) < 4.78 is 31.6. The maximum absolute atomic E-state index is 8.74. The molecule has 1 rings (SSSR count). The number of rotatable bonds is 0. The molecule has 0 radical (unpaired) electrons. The van der Waals surface area contributed by atoms with E-state index in [1.165, 1.54) is 38.5 Å². The molecule has 1 fully saturated rings. The highest BCUT2D eigenvalue weighted by Gasteiger charge is 1.95. The smallest absolute Gasteiger partial charge is 0.264 e. The molecule has 1 aliphatic carbocycles. The van der Waals surface area contributed by atoms with Crippen molar-refractivity contribution in [3.63, 3.8) is 0 Å². The third kappa shape index (κ3) is 17.7. The highest BCUT2D eigenvalue weighted by molar-refractivity contribution is 7.79. The summed E-state index contributed by atoms with van der Waals surface area (Å²) in [5.74, 6) is 0. The van der Waals surface area contributed by atoms with Gasteiger partial charge in [0.25, 0.3) is 0 Å². The standard InChI is InChI=1S/C6H12.H2O4S/c1-2-4-6-5-3-1;1-5(2,3)4/h1-6H2;(H2,1,2,3,4). The van der Waals surface area contributed by atoms with Gasteiger partial charge in [-0.25, -0.2) is 0 Å². The molecule has 0 spiro atoms. The van der Waals surface area contributed by atoms with E-state index in [4.69, 9.17) is 17.5 Å². The molecule has 0 saturated heterocycles. The van der Waals surface area contributed by atoms with Crippen molar-refractivity contribution in [2.75, 3.05) is 0 Å². The molecule has 0 aliphatic heterocycles.